The van der Waals surface area contributed by atoms with Gasteiger partial charge in [-0.15, -0.1) is 0 Å². The Morgan fingerprint density at radius 2 is 1.61 bits per heavy atom. The highest BCUT2D eigenvalue weighted by molar-refractivity contribution is 6.70. The summed E-state index contributed by atoms with van der Waals surface area (Å²) in [4.78, 5) is 0. The van der Waals surface area contributed by atoms with Gasteiger partial charge in [-0.05, 0) is 31.2 Å². The molecule has 2 atom stereocenters. The molecule has 0 aromatic carbocycles. The van der Waals surface area contributed by atoms with Crippen LogP contribution in [0.1, 0.15) is 78.1 Å². The molecule has 0 saturated carbocycles. The van der Waals surface area contributed by atoms with Gasteiger partial charge in [-0.25, -0.2) is 0 Å². The maximum Gasteiger partial charge on any atom is 0.371 e. The van der Waals surface area contributed by atoms with Crippen molar-refractivity contribution < 1.29 is 18.3 Å². The highest BCUT2D eigenvalue weighted by Gasteiger charge is 2.62. The molecule has 1 heterocycles. The summed E-state index contributed by atoms with van der Waals surface area (Å²) in [6.07, 6.45) is 12.7. The average molecular weight is 351 g/mol. The van der Waals surface area contributed by atoms with Gasteiger partial charge in [-0.3, -0.25) is 4.70 Å². The molecule has 0 amide bonds. The van der Waals surface area contributed by atoms with Crippen LogP contribution in [-0.2, 0) is 13.6 Å². The van der Waals surface area contributed by atoms with E-state index in [2.05, 4.69) is 13.8 Å². The lowest BCUT2D eigenvalue weighted by atomic mass is 9.87. The van der Waals surface area contributed by atoms with Crippen molar-refractivity contribution in [2.45, 2.75) is 89.3 Å². The molecular formula is C18H39FO3Si. The number of hydrogen-bond donors (Lipinski definition) is 0. The van der Waals surface area contributed by atoms with Crippen LogP contribution in [-0.4, -0.2) is 35.1 Å². The zero-order valence-corrected chi connectivity index (χ0v) is 17.0. The van der Waals surface area contributed by atoms with E-state index in [1.165, 1.54) is 51.4 Å². The van der Waals surface area contributed by atoms with Crippen molar-refractivity contribution in [1.82, 2.24) is 0 Å². The molecule has 3 nitrogen and oxygen atoms in total. The predicted molar refractivity (Wildman–Crippen MR) is 97.8 cm³/mol. The van der Waals surface area contributed by atoms with Crippen LogP contribution in [0.2, 0.25) is 6.04 Å². The largest absolute Gasteiger partial charge is 0.396 e. The first-order valence-corrected chi connectivity index (χ1v) is 11.3. The lowest BCUT2D eigenvalue weighted by Gasteiger charge is -2.52. The molecule has 5 heteroatoms. The van der Waals surface area contributed by atoms with Gasteiger partial charge in [-0.1, -0.05) is 58.8 Å². The van der Waals surface area contributed by atoms with E-state index in [-0.39, 0.29) is 9.93 Å². The van der Waals surface area contributed by atoms with E-state index >= 15 is 0 Å². The van der Waals surface area contributed by atoms with Gasteiger partial charge in [-0.2, -0.15) is 0 Å². The molecule has 1 aliphatic rings. The van der Waals surface area contributed by atoms with E-state index < -0.39 is 8.56 Å². The van der Waals surface area contributed by atoms with Gasteiger partial charge in [0.25, 0.3) is 0 Å². The van der Waals surface area contributed by atoms with Crippen LogP contribution in [0, 0.1) is 5.92 Å². The van der Waals surface area contributed by atoms with Crippen molar-refractivity contribution in [3.05, 3.63) is 0 Å². The average Bonchev–Trinajstić information content (AvgIpc) is 2.55. The van der Waals surface area contributed by atoms with E-state index in [1.54, 1.807) is 0 Å². The predicted octanol–water partition coefficient (Wildman–Crippen LogP) is 5.37. The Labute approximate surface area is 144 Å². The van der Waals surface area contributed by atoms with Gasteiger partial charge in [0.1, 0.15) is 5.22 Å². The molecular weight excluding hydrogens is 311 g/mol. The van der Waals surface area contributed by atoms with Crippen LogP contribution in [0.5, 0.6) is 0 Å². The van der Waals surface area contributed by atoms with Crippen molar-refractivity contribution in [3.8, 4) is 0 Å². The van der Waals surface area contributed by atoms with Crippen LogP contribution < -0.4 is 0 Å². The Morgan fingerprint density at radius 1 is 0.957 bits per heavy atom. The Kier molecular flexibility index (Phi) is 11.6. The van der Waals surface area contributed by atoms with E-state index in [9.17, 15) is 0 Å². The smallest absolute Gasteiger partial charge is 0.371 e. The summed E-state index contributed by atoms with van der Waals surface area (Å²) in [5.74, 6) is 0.597. The molecule has 1 aliphatic heterocycles. The molecule has 0 radical (unpaired) electrons. The van der Waals surface area contributed by atoms with Gasteiger partial charge < -0.3 is 13.6 Å². The quantitative estimate of drug-likeness (QED) is 0.370. The van der Waals surface area contributed by atoms with Crippen molar-refractivity contribution in [3.63, 3.8) is 0 Å². The third-order valence-electron chi connectivity index (χ3n) is 5.66. The van der Waals surface area contributed by atoms with Crippen molar-refractivity contribution in [1.29, 1.82) is 0 Å². The van der Waals surface area contributed by atoms with Crippen molar-refractivity contribution >= 4 is 8.56 Å². The molecule has 1 saturated heterocycles. The summed E-state index contributed by atoms with van der Waals surface area (Å²) in [6, 6.07) is 1.07. The summed E-state index contributed by atoms with van der Waals surface area (Å²) < 4.78 is 18.3. The summed E-state index contributed by atoms with van der Waals surface area (Å²) in [7, 11) is 3.26. The molecule has 23 heavy (non-hydrogen) atoms. The SMILES string of the molecule is CCCCCCCC1CCC[Si](OC)(OC)C1(CCC)OC.F. The number of methoxy groups -OCH3 is 1. The van der Waals surface area contributed by atoms with Crippen LogP contribution in [0.3, 0.4) is 0 Å². The van der Waals surface area contributed by atoms with Crippen LogP contribution in [0.15, 0.2) is 0 Å². The summed E-state index contributed by atoms with van der Waals surface area (Å²) >= 11 is 0. The fourth-order valence-corrected chi connectivity index (χ4v) is 8.74. The second-order valence-electron chi connectivity index (χ2n) is 6.80. The summed E-state index contributed by atoms with van der Waals surface area (Å²) in [5.41, 5.74) is 0. The second kappa shape index (κ2) is 11.6. The van der Waals surface area contributed by atoms with Crippen molar-refractivity contribution in [2.75, 3.05) is 21.3 Å². The first-order chi connectivity index (χ1) is 10.7. The minimum Gasteiger partial charge on any atom is -0.396 e. The lowest BCUT2D eigenvalue weighted by molar-refractivity contribution is -0.0567. The van der Waals surface area contributed by atoms with Crippen LogP contribution >= 0.6 is 0 Å². The monoisotopic (exact) mass is 350 g/mol. The first-order valence-electron chi connectivity index (χ1n) is 9.31. The zero-order valence-electron chi connectivity index (χ0n) is 16.0. The number of halogens is 1. The van der Waals surface area contributed by atoms with Gasteiger partial charge in [0.2, 0.25) is 0 Å². The lowest BCUT2D eigenvalue weighted by Crippen LogP contribution is -2.68. The van der Waals surface area contributed by atoms with Crippen LogP contribution in [0.25, 0.3) is 0 Å². The molecule has 1 fully saturated rings. The number of rotatable bonds is 11. The Bertz CT molecular complexity index is 300. The minimum absolute atomic E-state index is 0. The van der Waals surface area contributed by atoms with Gasteiger partial charge in [0.05, 0.1) is 0 Å². The Hall–Kier alpha value is 0.0269. The Balaban J connectivity index is 0.00000484. The van der Waals surface area contributed by atoms with Gasteiger partial charge >= 0.3 is 8.56 Å². The highest BCUT2D eigenvalue weighted by Crippen LogP contribution is 2.48. The Morgan fingerprint density at radius 3 is 2.13 bits per heavy atom. The zero-order chi connectivity index (χ0) is 16.5. The first kappa shape index (κ1) is 23.0. The van der Waals surface area contributed by atoms with E-state index in [4.69, 9.17) is 13.6 Å². The van der Waals surface area contributed by atoms with E-state index in [0.29, 0.717) is 5.92 Å². The molecule has 0 bridgehead atoms. The molecule has 0 aromatic rings. The molecule has 140 valence electrons. The normalized spacial score (nSPS) is 26.7. The molecule has 2 unspecified atom stereocenters. The highest BCUT2D eigenvalue weighted by atomic mass is 28.4. The number of ether oxygens (including phenoxy) is 1. The third-order valence-corrected chi connectivity index (χ3v) is 10.1. The molecule has 1 rings (SSSR count). The maximum atomic E-state index is 6.22. The third kappa shape index (κ3) is 5.00. The number of unbranched alkanes of at least 4 members (excludes halogenated alkanes) is 4. The molecule has 0 spiro atoms. The van der Waals surface area contributed by atoms with Gasteiger partial charge in [0, 0.05) is 21.3 Å². The van der Waals surface area contributed by atoms with E-state index in [1.807, 2.05) is 21.3 Å². The van der Waals surface area contributed by atoms with E-state index in [0.717, 1.165) is 18.9 Å². The maximum absolute atomic E-state index is 6.22. The summed E-state index contributed by atoms with van der Waals surface area (Å²) in [5, 5.41) is -0.158. The number of hydrogen-bond acceptors (Lipinski definition) is 3. The molecule has 0 N–H and O–H groups in total. The molecule has 0 aromatic heterocycles. The van der Waals surface area contributed by atoms with Crippen LogP contribution in [0.4, 0.5) is 4.70 Å². The van der Waals surface area contributed by atoms with Gasteiger partial charge in [0.15, 0.2) is 0 Å². The minimum atomic E-state index is -2.29. The fraction of sp³-hybridized carbons (Fsp3) is 1.00. The fourth-order valence-electron chi connectivity index (χ4n) is 4.53. The standard InChI is InChI=1S/C18H38O3Si.FH/c1-6-8-9-10-11-13-17-14-12-16-22(20-4,21-5)18(17,19-3)15-7-2;/h17H,6-16H2,1-5H3;1H. The molecule has 0 aliphatic carbocycles. The summed E-state index contributed by atoms with van der Waals surface area (Å²) in [6.45, 7) is 4.52. The van der Waals surface area contributed by atoms with Crippen molar-refractivity contribution in [2.24, 2.45) is 5.92 Å². The topological polar surface area (TPSA) is 27.7 Å². The second-order valence-corrected chi connectivity index (χ2v) is 10.5.